The van der Waals surface area contributed by atoms with Crippen molar-refractivity contribution in [3.05, 3.63) is 35.6 Å². The average Bonchev–Trinajstić information content (AvgIpc) is 2.82. The van der Waals surface area contributed by atoms with Gasteiger partial charge >= 0.3 is 0 Å². The van der Waals surface area contributed by atoms with Gasteiger partial charge in [-0.2, -0.15) is 0 Å². The Morgan fingerprint density at radius 1 is 1.65 bits per heavy atom. The molecule has 0 aliphatic carbocycles. The minimum Gasteiger partial charge on any atom is -0.348 e. The van der Waals surface area contributed by atoms with E-state index >= 15 is 0 Å². The van der Waals surface area contributed by atoms with Crippen LogP contribution in [0.3, 0.4) is 0 Å². The molecule has 0 aromatic heterocycles. The molecule has 2 atom stereocenters. The molecule has 0 saturated carbocycles. The molecular formula is C12H15FN2OS. The Morgan fingerprint density at radius 3 is 3.12 bits per heavy atom. The molecule has 92 valence electrons. The highest BCUT2D eigenvalue weighted by Gasteiger charge is 2.23. The molecule has 1 aromatic carbocycles. The predicted octanol–water partition coefficient (Wildman–Crippen LogP) is 1.67. The van der Waals surface area contributed by atoms with Gasteiger partial charge in [0.05, 0.1) is 12.1 Å². The van der Waals surface area contributed by atoms with Gasteiger partial charge in [0.25, 0.3) is 0 Å². The number of rotatable bonds is 3. The Bertz CT molecular complexity index is 407. The molecule has 5 heteroatoms. The van der Waals surface area contributed by atoms with Crippen LogP contribution in [0.2, 0.25) is 0 Å². The lowest BCUT2D eigenvalue weighted by molar-refractivity contribution is -0.123. The van der Waals surface area contributed by atoms with E-state index in [9.17, 15) is 9.18 Å². The van der Waals surface area contributed by atoms with Crippen molar-refractivity contribution in [2.75, 3.05) is 11.6 Å². The first-order chi connectivity index (χ1) is 8.16. The molecule has 1 fully saturated rings. The molecule has 1 unspecified atom stereocenters. The molecule has 1 heterocycles. The topological polar surface area (TPSA) is 41.1 Å². The van der Waals surface area contributed by atoms with Gasteiger partial charge < -0.3 is 5.32 Å². The van der Waals surface area contributed by atoms with Crippen molar-refractivity contribution in [1.82, 2.24) is 10.6 Å². The number of amides is 1. The standard InChI is InChI=1S/C12H15FN2OS/c1-8(9-3-2-4-10(13)5-9)15-12(16)11-6-17-7-14-11/h2-5,8,11,14H,6-7H2,1H3,(H,15,16)/t8-,11?/m1/s1. The van der Waals surface area contributed by atoms with Crippen molar-refractivity contribution in [1.29, 1.82) is 0 Å². The van der Waals surface area contributed by atoms with E-state index in [0.717, 1.165) is 17.2 Å². The number of halogens is 1. The van der Waals surface area contributed by atoms with Gasteiger partial charge in [0.15, 0.2) is 0 Å². The number of thioether (sulfide) groups is 1. The average molecular weight is 254 g/mol. The lowest BCUT2D eigenvalue weighted by Gasteiger charge is -2.17. The van der Waals surface area contributed by atoms with E-state index < -0.39 is 0 Å². The molecule has 0 spiro atoms. The minimum absolute atomic E-state index is 0.0215. The van der Waals surface area contributed by atoms with Crippen LogP contribution in [0.15, 0.2) is 24.3 Å². The normalized spacial score (nSPS) is 21.2. The van der Waals surface area contributed by atoms with E-state index in [4.69, 9.17) is 0 Å². The van der Waals surface area contributed by atoms with Gasteiger partial charge in [-0.3, -0.25) is 10.1 Å². The number of hydrogen-bond donors (Lipinski definition) is 2. The van der Waals surface area contributed by atoms with E-state index in [1.165, 1.54) is 12.1 Å². The highest BCUT2D eigenvalue weighted by atomic mass is 32.2. The van der Waals surface area contributed by atoms with Crippen LogP contribution < -0.4 is 10.6 Å². The third-order valence-corrected chi connectivity index (χ3v) is 3.68. The van der Waals surface area contributed by atoms with Crippen molar-refractivity contribution >= 4 is 17.7 Å². The Balaban J connectivity index is 1.96. The molecule has 1 saturated heterocycles. The van der Waals surface area contributed by atoms with Gasteiger partial charge in [0, 0.05) is 11.6 Å². The molecule has 0 radical (unpaired) electrons. The molecule has 1 amide bonds. The maximum absolute atomic E-state index is 13.0. The monoisotopic (exact) mass is 254 g/mol. The van der Waals surface area contributed by atoms with Crippen molar-refractivity contribution in [3.63, 3.8) is 0 Å². The quantitative estimate of drug-likeness (QED) is 0.862. The van der Waals surface area contributed by atoms with Crippen LogP contribution in [0.25, 0.3) is 0 Å². The first-order valence-electron chi connectivity index (χ1n) is 5.54. The van der Waals surface area contributed by atoms with E-state index in [0.29, 0.717) is 0 Å². The lowest BCUT2D eigenvalue weighted by Crippen LogP contribution is -2.42. The summed E-state index contributed by atoms with van der Waals surface area (Å²) in [6, 6.07) is 6.00. The fourth-order valence-electron chi connectivity index (χ4n) is 1.74. The molecule has 3 nitrogen and oxygen atoms in total. The Hall–Kier alpha value is -1.07. The van der Waals surface area contributed by atoms with Crippen molar-refractivity contribution in [3.8, 4) is 0 Å². The maximum Gasteiger partial charge on any atom is 0.238 e. The SMILES string of the molecule is C[C@@H](NC(=O)C1CSCN1)c1cccc(F)c1. The molecule has 2 rings (SSSR count). The van der Waals surface area contributed by atoms with Gasteiger partial charge in [-0.15, -0.1) is 11.8 Å². The summed E-state index contributed by atoms with van der Waals surface area (Å²) in [6.07, 6.45) is 0. The molecule has 1 aromatic rings. The van der Waals surface area contributed by atoms with Gasteiger partial charge in [0.1, 0.15) is 5.82 Å². The van der Waals surface area contributed by atoms with E-state index in [-0.39, 0.29) is 23.8 Å². The molecular weight excluding hydrogens is 239 g/mol. The molecule has 0 bridgehead atoms. The number of nitrogens with one attached hydrogen (secondary N) is 2. The summed E-state index contributed by atoms with van der Waals surface area (Å²) in [6.45, 7) is 1.86. The Labute approximate surface area is 104 Å². The third-order valence-electron chi connectivity index (χ3n) is 2.74. The summed E-state index contributed by atoms with van der Waals surface area (Å²) in [5, 5.41) is 5.99. The Morgan fingerprint density at radius 2 is 2.47 bits per heavy atom. The summed E-state index contributed by atoms with van der Waals surface area (Å²) in [5.41, 5.74) is 0.781. The maximum atomic E-state index is 13.0. The van der Waals surface area contributed by atoms with Crippen LogP contribution in [0.5, 0.6) is 0 Å². The largest absolute Gasteiger partial charge is 0.348 e. The predicted molar refractivity (Wildman–Crippen MR) is 67.2 cm³/mol. The second-order valence-electron chi connectivity index (χ2n) is 4.06. The van der Waals surface area contributed by atoms with E-state index in [2.05, 4.69) is 10.6 Å². The molecule has 1 aliphatic heterocycles. The summed E-state index contributed by atoms with van der Waals surface area (Å²) in [7, 11) is 0. The fourth-order valence-corrected chi connectivity index (χ4v) is 2.68. The van der Waals surface area contributed by atoms with Crippen LogP contribution in [-0.2, 0) is 4.79 Å². The fraction of sp³-hybridized carbons (Fsp3) is 0.417. The molecule has 17 heavy (non-hydrogen) atoms. The second-order valence-corrected chi connectivity index (χ2v) is 5.09. The number of carbonyl (C=O) groups is 1. The van der Waals surface area contributed by atoms with Crippen molar-refractivity contribution in [2.45, 2.75) is 19.0 Å². The van der Waals surface area contributed by atoms with Gasteiger partial charge in [-0.25, -0.2) is 4.39 Å². The first kappa shape index (κ1) is 12.4. The van der Waals surface area contributed by atoms with Gasteiger partial charge in [-0.05, 0) is 24.6 Å². The minimum atomic E-state index is -0.279. The molecule has 2 N–H and O–H groups in total. The molecule has 1 aliphatic rings. The van der Waals surface area contributed by atoms with Crippen LogP contribution in [-0.4, -0.2) is 23.6 Å². The number of hydrogen-bond acceptors (Lipinski definition) is 3. The highest BCUT2D eigenvalue weighted by molar-refractivity contribution is 7.99. The van der Waals surface area contributed by atoms with Crippen LogP contribution in [0, 0.1) is 5.82 Å². The van der Waals surface area contributed by atoms with E-state index in [1.807, 2.05) is 13.0 Å². The summed E-state index contributed by atoms with van der Waals surface area (Å²) >= 11 is 1.70. The first-order valence-corrected chi connectivity index (χ1v) is 6.69. The third kappa shape index (κ3) is 3.20. The van der Waals surface area contributed by atoms with Crippen molar-refractivity contribution in [2.24, 2.45) is 0 Å². The Kier molecular flexibility index (Phi) is 4.02. The highest BCUT2D eigenvalue weighted by Crippen LogP contribution is 2.15. The van der Waals surface area contributed by atoms with Gasteiger partial charge in [0.2, 0.25) is 5.91 Å². The zero-order chi connectivity index (χ0) is 12.3. The summed E-state index contributed by atoms with van der Waals surface area (Å²) < 4.78 is 13.0. The summed E-state index contributed by atoms with van der Waals surface area (Å²) in [5.74, 6) is 1.30. The lowest BCUT2D eigenvalue weighted by atomic mass is 10.1. The van der Waals surface area contributed by atoms with Crippen LogP contribution in [0.4, 0.5) is 4.39 Å². The summed E-state index contributed by atoms with van der Waals surface area (Å²) in [4.78, 5) is 11.8. The number of benzene rings is 1. The smallest absolute Gasteiger partial charge is 0.238 e. The zero-order valence-electron chi connectivity index (χ0n) is 9.57. The number of carbonyl (C=O) groups excluding carboxylic acids is 1. The van der Waals surface area contributed by atoms with Crippen LogP contribution in [0.1, 0.15) is 18.5 Å². The van der Waals surface area contributed by atoms with Crippen molar-refractivity contribution < 1.29 is 9.18 Å². The van der Waals surface area contributed by atoms with E-state index in [1.54, 1.807) is 17.8 Å². The van der Waals surface area contributed by atoms with Gasteiger partial charge in [-0.1, -0.05) is 12.1 Å². The van der Waals surface area contributed by atoms with Crippen LogP contribution >= 0.6 is 11.8 Å². The second kappa shape index (κ2) is 5.51. The zero-order valence-corrected chi connectivity index (χ0v) is 10.4.